The lowest BCUT2D eigenvalue weighted by Crippen LogP contribution is -2.40. The van der Waals surface area contributed by atoms with Gasteiger partial charge in [-0.15, -0.1) is 0 Å². The van der Waals surface area contributed by atoms with Crippen LogP contribution < -0.4 is 25.4 Å². The molecule has 0 spiro atoms. The van der Waals surface area contributed by atoms with E-state index in [1.807, 2.05) is 24.3 Å². The summed E-state index contributed by atoms with van der Waals surface area (Å²) < 4.78 is 10.6. The Morgan fingerprint density at radius 3 is 2.57 bits per heavy atom. The van der Waals surface area contributed by atoms with Gasteiger partial charge in [-0.2, -0.15) is 11.8 Å². The molecule has 1 atom stereocenters. The molecule has 8 heteroatoms. The number of thioether (sulfide) groups is 1. The van der Waals surface area contributed by atoms with Crippen LogP contribution in [0, 0.1) is 13.8 Å². The molecule has 0 bridgehead atoms. The second-order valence-corrected chi connectivity index (χ2v) is 10.1. The molecule has 1 heterocycles. The Labute approximate surface area is 222 Å². The molecule has 37 heavy (non-hydrogen) atoms. The van der Waals surface area contributed by atoms with Crippen molar-refractivity contribution in [2.75, 3.05) is 37.2 Å². The molecular weight excluding hydrogens is 486 g/mol. The maximum Gasteiger partial charge on any atom is 0.251 e. The molecule has 3 aromatic rings. The van der Waals surface area contributed by atoms with E-state index in [0.717, 1.165) is 17.0 Å². The van der Waals surface area contributed by atoms with Gasteiger partial charge in [0.1, 0.15) is 6.04 Å². The van der Waals surface area contributed by atoms with Crippen LogP contribution in [0.5, 0.6) is 11.5 Å². The normalized spacial score (nSPS) is 14.3. The number of aryl methyl sites for hydroxylation is 2. The zero-order valence-corrected chi connectivity index (χ0v) is 22.5. The second-order valence-electron chi connectivity index (χ2n) is 9.09. The number of fused-ring (bicyclic) bond motifs is 1. The first-order chi connectivity index (χ1) is 17.9. The lowest BCUT2D eigenvalue weighted by molar-refractivity contribution is -0.116. The summed E-state index contributed by atoms with van der Waals surface area (Å²) in [6, 6.07) is 17.2. The van der Waals surface area contributed by atoms with E-state index in [1.165, 1.54) is 16.7 Å². The van der Waals surface area contributed by atoms with E-state index in [2.05, 4.69) is 48.0 Å². The van der Waals surface area contributed by atoms with E-state index in [0.29, 0.717) is 41.5 Å². The van der Waals surface area contributed by atoms with Crippen molar-refractivity contribution in [1.29, 1.82) is 0 Å². The molecule has 0 fully saturated rings. The molecule has 2 amide bonds. The summed E-state index contributed by atoms with van der Waals surface area (Å²) >= 11 is 1.73. The molecule has 3 aromatic carbocycles. The number of hydrogen-bond donors (Lipinski definition) is 3. The predicted molar refractivity (Wildman–Crippen MR) is 150 cm³/mol. The predicted octanol–water partition coefficient (Wildman–Crippen LogP) is 4.96. The van der Waals surface area contributed by atoms with E-state index in [4.69, 9.17) is 9.47 Å². The number of anilines is 2. The number of nitrogens with one attached hydrogen (secondary N) is 3. The van der Waals surface area contributed by atoms with Crippen LogP contribution in [0.3, 0.4) is 0 Å². The summed E-state index contributed by atoms with van der Waals surface area (Å²) in [5.41, 5.74) is 6.76. The number of ether oxygens (including phenoxy) is 2. The molecule has 1 aliphatic rings. The van der Waals surface area contributed by atoms with Crippen LogP contribution in [-0.2, 0) is 17.0 Å². The Hall–Kier alpha value is -3.65. The molecule has 0 saturated carbocycles. The summed E-state index contributed by atoms with van der Waals surface area (Å²) in [5.74, 6) is 2.55. The van der Waals surface area contributed by atoms with Crippen LogP contribution in [0.15, 0.2) is 54.6 Å². The van der Waals surface area contributed by atoms with Gasteiger partial charge in [0.15, 0.2) is 11.5 Å². The smallest absolute Gasteiger partial charge is 0.251 e. The van der Waals surface area contributed by atoms with E-state index >= 15 is 0 Å². The van der Waals surface area contributed by atoms with Gasteiger partial charge in [-0.25, -0.2) is 0 Å². The largest absolute Gasteiger partial charge is 0.493 e. The number of methoxy groups -OCH3 is 2. The third kappa shape index (κ3) is 6.57. The topological polar surface area (TPSA) is 88.7 Å². The van der Waals surface area contributed by atoms with Crippen LogP contribution in [0.2, 0.25) is 0 Å². The minimum Gasteiger partial charge on any atom is -0.493 e. The Kier molecular flexibility index (Phi) is 8.61. The fourth-order valence-electron chi connectivity index (χ4n) is 4.21. The van der Waals surface area contributed by atoms with Crippen molar-refractivity contribution >= 4 is 35.0 Å². The monoisotopic (exact) mass is 519 g/mol. The standard InChI is InChI=1S/C29H33N3O4S/c1-18-5-6-19(2)22(13-18)16-37-17-25-29(34)32-24-15-21(8-9-23(24)31-25)28(33)30-12-11-20-7-10-26(35-3)27(14-20)36-4/h5-10,13-15,25,31H,11-12,16-17H2,1-4H3,(H,30,33)(H,32,34)/t25-/m0/s1. The van der Waals surface area contributed by atoms with Gasteiger partial charge in [0.25, 0.3) is 5.91 Å². The van der Waals surface area contributed by atoms with E-state index in [-0.39, 0.29) is 17.9 Å². The van der Waals surface area contributed by atoms with Gasteiger partial charge in [0.05, 0.1) is 25.6 Å². The maximum atomic E-state index is 12.7. The van der Waals surface area contributed by atoms with Gasteiger partial charge < -0.3 is 25.4 Å². The van der Waals surface area contributed by atoms with Crippen LogP contribution in [0.4, 0.5) is 11.4 Å². The Balaban J connectivity index is 1.30. The molecule has 1 aliphatic heterocycles. The Morgan fingerprint density at radius 1 is 0.973 bits per heavy atom. The van der Waals surface area contributed by atoms with E-state index in [1.54, 1.807) is 38.1 Å². The van der Waals surface area contributed by atoms with E-state index < -0.39 is 0 Å². The molecule has 7 nitrogen and oxygen atoms in total. The molecule has 194 valence electrons. The molecule has 3 N–H and O–H groups in total. The Morgan fingerprint density at radius 2 is 1.78 bits per heavy atom. The summed E-state index contributed by atoms with van der Waals surface area (Å²) in [6.45, 7) is 4.67. The van der Waals surface area contributed by atoms with Crippen molar-refractivity contribution in [1.82, 2.24) is 5.32 Å². The maximum absolute atomic E-state index is 12.7. The summed E-state index contributed by atoms with van der Waals surface area (Å²) in [6.07, 6.45) is 0.650. The SMILES string of the molecule is COc1ccc(CCNC(=O)c2ccc3c(c2)NC(=O)[C@H](CSCc2cc(C)ccc2C)N3)cc1OC. The van der Waals surface area contributed by atoms with Crippen molar-refractivity contribution in [2.45, 2.75) is 32.1 Å². The lowest BCUT2D eigenvalue weighted by atomic mass is 10.1. The van der Waals surface area contributed by atoms with Crippen molar-refractivity contribution < 1.29 is 19.1 Å². The highest BCUT2D eigenvalue weighted by atomic mass is 32.2. The number of benzene rings is 3. The fourth-order valence-corrected chi connectivity index (χ4v) is 5.33. The average Bonchev–Trinajstić information content (AvgIpc) is 2.90. The quantitative estimate of drug-likeness (QED) is 0.351. The summed E-state index contributed by atoms with van der Waals surface area (Å²) in [4.78, 5) is 25.4. The fraction of sp³-hybridized carbons (Fsp3) is 0.310. The average molecular weight is 520 g/mol. The number of carbonyl (C=O) groups is 2. The zero-order valence-electron chi connectivity index (χ0n) is 21.6. The van der Waals surface area contributed by atoms with Gasteiger partial charge in [-0.05, 0) is 67.3 Å². The highest BCUT2D eigenvalue weighted by molar-refractivity contribution is 7.98. The Bertz CT molecular complexity index is 1290. The number of amides is 2. The number of hydrogen-bond acceptors (Lipinski definition) is 6. The second kappa shape index (κ2) is 12.1. The molecule has 0 saturated heterocycles. The van der Waals surface area contributed by atoms with Crippen LogP contribution >= 0.6 is 11.8 Å². The molecule has 0 aromatic heterocycles. The molecule has 0 aliphatic carbocycles. The third-order valence-electron chi connectivity index (χ3n) is 6.38. The van der Waals surface area contributed by atoms with Gasteiger partial charge >= 0.3 is 0 Å². The first-order valence-corrected chi connectivity index (χ1v) is 13.4. The molecule has 0 radical (unpaired) electrons. The van der Waals surface area contributed by atoms with E-state index in [9.17, 15) is 9.59 Å². The van der Waals surface area contributed by atoms with Crippen LogP contribution in [-0.4, -0.2) is 44.4 Å². The third-order valence-corrected chi connectivity index (χ3v) is 7.46. The lowest BCUT2D eigenvalue weighted by Gasteiger charge is -2.27. The number of rotatable bonds is 10. The van der Waals surface area contributed by atoms with Crippen molar-refractivity contribution in [3.63, 3.8) is 0 Å². The van der Waals surface area contributed by atoms with Crippen molar-refractivity contribution in [3.05, 3.63) is 82.4 Å². The van der Waals surface area contributed by atoms with Crippen molar-refractivity contribution in [3.8, 4) is 11.5 Å². The highest BCUT2D eigenvalue weighted by Crippen LogP contribution is 2.30. The zero-order chi connectivity index (χ0) is 26.4. The molecule has 0 unspecified atom stereocenters. The minimum absolute atomic E-state index is 0.0908. The summed E-state index contributed by atoms with van der Waals surface area (Å²) in [5, 5.41) is 9.23. The minimum atomic E-state index is -0.330. The summed E-state index contributed by atoms with van der Waals surface area (Å²) in [7, 11) is 3.20. The molecule has 4 rings (SSSR count). The first-order valence-electron chi connectivity index (χ1n) is 12.2. The van der Waals surface area contributed by atoms with Gasteiger partial charge in [-0.3, -0.25) is 9.59 Å². The van der Waals surface area contributed by atoms with Gasteiger partial charge in [-0.1, -0.05) is 29.8 Å². The number of carbonyl (C=O) groups excluding carboxylic acids is 2. The first kappa shape index (κ1) is 26.4. The van der Waals surface area contributed by atoms with Crippen LogP contribution in [0.1, 0.15) is 32.6 Å². The van der Waals surface area contributed by atoms with Crippen LogP contribution in [0.25, 0.3) is 0 Å². The highest BCUT2D eigenvalue weighted by Gasteiger charge is 2.26. The molecular formula is C29H33N3O4S. The van der Waals surface area contributed by atoms with Gasteiger partial charge in [0, 0.05) is 23.6 Å². The van der Waals surface area contributed by atoms with Crippen molar-refractivity contribution in [2.24, 2.45) is 0 Å². The van der Waals surface area contributed by atoms with Gasteiger partial charge in [0.2, 0.25) is 5.91 Å².